The molecule has 0 saturated carbocycles. The summed E-state index contributed by atoms with van der Waals surface area (Å²) in [5.74, 6) is 0. The van der Waals surface area contributed by atoms with Crippen LogP contribution in [0.3, 0.4) is 0 Å². The highest BCUT2D eigenvalue weighted by atomic mass is 14.8. The van der Waals surface area contributed by atoms with E-state index in [0.717, 1.165) is 6.42 Å². The van der Waals surface area contributed by atoms with Crippen LogP contribution >= 0.6 is 0 Å². The van der Waals surface area contributed by atoms with Gasteiger partial charge in [-0.2, -0.15) is 0 Å². The zero-order valence-corrected chi connectivity index (χ0v) is 9.83. The molecule has 1 N–H and O–H groups in total. The van der Waals surface area contributed by atoms with E-state index in [2.05, 4.69) is 60.8 Å². The van der Waals surface area contributed by atoms with Gasteiger partial charge in [0, 0.05) is 12.7 Å². The molecule has 1 heteroatoms. The van der Waals surface area contributed by atoms with Crippen LogP contribution in [0.25, 0.3) is 0 Å². The lowest BCUT2D eigenvalue weighted by molar-refractivity contribution is 1.18. The van der Waals surface area contributed by atoms with E-state index in [9.17, 15) is 0 Å². The number of benzene rings is 2. The van der Waals surface area contributed by atoms with Gasteiger partial charge in [-0.3, -0.25) is 0 Å². The Balaban J connectivity index is 2.20. The van der Waals surface area contributed by atoms with Crippen LogP contribution < -0.4 is 5.32 Å². The number of hydrogen-bond acceptors (Lipinski definition) is 1. The molecule has 2 aromatic carbocycles. The Morgan fingerprint density at radius 2 is 1.62 bits per heavy atom. The molecule has 0 spiro atoms. The lowest BCUT2D eigenvalue weighted by Gasteiger charge is -2.05. The summed E-state index contributed by atoms with van der Waals surface area (Å²) in [6.45, 7) is 2.13. The second-order valence-electron chi connectivity index (χ2n) is 4.12. The third-order valence-corrected chi connectivity index (χ3v) is 2.71. The summed E-state index contributed by atoms with van der Waals surface area (Å²) < 4.78 is 0. The second kappa shape index (κ2) is 4.84. The monoisotopic (exact) mass is 211 g/mol. The zero-order valence-electron chi connectivity index (χ0n) is 9.83. The highest BCUT2D eigenvalue weighted by Gasteiger charge is 1.97. The van der Waals surface area contributed by atoms with E-state index < -0.39 is 0 Å². The van der Waals surface area contributed by atoms with E-state index in [1.807, 2.05) is 7.05 Å². The maximum Gasteiger partial charge on any atom is 0.0340 e. The van der Waals surface area contributed by atoms with E-state index in [0.29, 0.717) is 0 Å². The lowest BCUT2D eigenvalue weighted by Crippen LogP contribution is -1.92. The highest BCUT2D eigenvalue weighted by Crippen LogP contribution is 2.15. The van der Waals surface area contributed by atoms with Gasteiger partial charge in [-0.25, -0.2) is 0 Å². The van der Waals surface area contributed by atoms with Crippen LogP contribution in [-0.4, -0.2) is 7.05 Å². The summed E-state index contributed by atoms with van der Waals surface area (Å²) in [5, 5.41) is 3.16. The van der Waals surface area contributed by atoms with Gasteiger partial charge in [-0.15, -0.1) is 0 Å². The molecular weight excluding hydrogens is 194 g/mol. The maximum atomic E-state index is 3.16. The third-order valence-electron chi connectivity index (χ3n) is 2.71. The smallest absolute Gasteiger partial charge is 0.0340 e. The molecule has 0 saturated heterocycles. The molecule has 0 radical (unpaired) electrons. The largest absolute Gasteiger partial charge is 0.388 e. The first-order valence-electron chi connectivity index (χ1n) is 5.60. The molecular formula is C15H17N. The van der Waals surface area contributed by atoms with Crippen LogP contribution in [0.2, 0.25) is 0 Å². The molecule has 0 aliphatic rings. The molecule has 82 valence electrons. The normalized spacial score (nSPS) is 10.1. The second-order valence-corrected chi connectivity index (χ2v) is 4.12. The van der Waals surface area contributed by atoms with Gasteiger partial charge in [0.1, 0.15) is 0 Å². The average molecular weight is 211 g/mol. The molecule has 2 aromatic rings. The molecule has 0 aliphatic heterocycles. The molecule has 0 amide bonds. The minimum Gasteiger partial charge on any atom is -0.388 e. The maximum absolute atomic E-state index is 3.16. The van der Waals surface area contributed by atoms with Crippen molar-refractivity contribution in [1.82, 2.24) is 0 Å². The van der Waals surface area contributed by atoms with E-state index in [-0.39, 0.29) is 0 Å². The molecule has 0 aromatic heterocycles. The van der Waals surface area contributed by atoms with Gasteiger partial charge in [0.05, 0.1) is 0 Å². The van der Waals surface area contributed by atoms with Gasteiger partial charge >= 0.3 is 0 Å². The quantitative estimate of drug-likeness (QED) is 0.817. The van der Waals surface area contributed by atoms with Crippen molar-refractivity contribution >= 4 is 5.69 Å². The summed E-state index contributed by atoms with van der Waals surface area (Å²) >= 11 is 0. The van der Waals surface area contributed by atoms with Crippen molar-refractivity contribution in [2.24, 2.45) is 0 Å². The Hall–Kier alpha value is -1.76. The Labute approximate surface area is 97.1 Å². The number of aryl methyl sites for hydroxylation is 1. The number of hydrogen-bond donors (Lipinski definition) is 1. The van der Waals surface area contributed by atoms with E-state index in [4.69, 9.17) is 0 Å². The van der Waals surface area contributed by atoms with Gasteiger partial charge in [-0.1, -0.05) is 42.0 Å². The van der Waals surface area contributed by atoms with Crippen molar-refractivity contribution in [2.75, 3.05) is 12.4 Å². The lowest BCUT2D eigenvalue weighted by atomic mass is 10.0. The molecule has 0 unspecified atom stereocenters. The predicted molar refractivity (Wildman–Crippen MR) is 70.0 cm³/mol. The van der Waals surface area contributed by atoms with Crippen molar-refractivity contribution in [3.63, 3.8) is 0 Å². The van der Waals surface area contributed by atoms with Gasteiger partial charge in [0.15, 0.2) is 0 Å². The SMILES string of the molecule is CNc1cccc(Cc2cccc(C)c2)c1. The van der Waals surface area contributed by atoms with Gasteiger partial charge in [0.25, 0.3) is 0 Å². The highest BCUT2D eigenvalue weighted by molar-refractivity contribution is 5.46. The van der Waals surface area contributed by atoms with Gasteiger partial charge in [0.2, 0.25) is 0 Å². The van der Waals surface area contributed by atoms with Gasteiger partial charge in [-0.05, 0) is 36.6 Å². The average Bonchev–Trinajstić information content (AvgIpc) is 2.29. The van der Waals surface area contributed by atoms with Crippen LogP contribution in [0.5, 0.6) is 0 Å². The number of anilines is 1. The number of rotatable bonds is 3. The molecule has 2 rings (SSSR count). The van der Waals surface area contributed by atoms with Crippen molar-refractivity contribution in [2.45, 2.75) is 13.3 Å². The summed E-state index contributed by atoms with van der Waals surface area (Å²) in [7, 11) is 1.95. The topological polar surface area (TPSA) is 12.0 Å². The number of nitrogens with one attached hydrogen (secondary N) is 1. The van der Waals surface area contributed by atoms with Crippen LogP contribution in [0.4, 0.5) is 5.69 Å². The molecule has 0 fully saturated rings. The summed E-state index contributed by atoms with van der Waals surface area (Å²) in [5.41, 5.74) is 5.21. The minimum absolute atomic E-state index is 0.997. The Morgan fingerprint density at radius 3 is 2.31 bits per heavy atom. The van der Waals surface area contributed by atoms with Crippen LogP contribution in [0.1, 0.15) is 16.7 Å². The standard InChI is InChI=1S/C15H17N/c1-12-5-3-6-13(9-12)10-14-7-4-8-15(11-14)16-2/h3-9,11,16H,10H2,1-2H3. The fraction of sp³-hybridized carbons (Fsp3) is 0.200. The van der Waals surface area contributed by atoms with E-state index >= 15 is 0 Å². The molecule has 0 atom stereocenters. The van der Waals surface area contributed by atoms with Crippen LogP contribution in [0.15, 0.2) is 48.5 Å². The van der Waals surface area contributed by atoms with Crippen LogP contribution in [-0.2, 0) is 6.42 Å². The first kappa shape index (κ1) is 10.7. The molecule has 0 aliphatic carbocycles. The van der Waals surface area contributed by atoms with Crippen molar-refractivity contribution in [1.29, 1.82) is 0 Å². The van der Waals surface area contributed by atoms with E-state index in [1.54, 1.807) is 0 Å². The van der Waals surface area contributed by atoms with Crippen molar-refractivity contribution in [3.8, 4) is 0 Å². The summed E-state index contributed by atoms with van der Waals surface area (Å²) in [6.07, 6.45) is 0.997. The summed E-state index contributed by atoms with van der Waals surface area (Å²) in [4.78, 5) is 0. The molecule has 0 heterocycles. The first-order chi connectivity index (χ1) is 7.78. The zero-order chi connectivity index (χ0) is 11.4. The first-order valence-corrected chi connectivity index (χ1v) is 5.60. The summed E-state index contributed by atoms with van der Waals surface area (Å²) in [6, 6.07) is 17.2. The molecule has 16 heavy (non-hydrogen) atoms. The Morgan fingerprint density at radius 1 is 0.938 bits per heavy atom. The molecule has 1 nitrogen and oxygen atoms in total. The fourth-order valence-corrected chi connectivity index (χ4v) is 1.89. The van der Waals surface area contributed by atoms with Crippen LogP contribution in [0, 0.1) is 6.92 Å². The Bertz CT molecular complexity index is 474. The third kappa shape index (κ3) is 2.63. The fourth-order valence-electron chi connectivity index (χ4n) is 1.89. The van der Waals surface area contributed by atoms with Crippen molar-refractivity contribution in [3.05, 3.63) is 65.2 Å². The molecule has 0 bridgehead atoms. The van der Waals surface area contributed by atoms with E-state index in [1.165, 1.54) is 22.4 Å². The van der Waals surface area contributed by atoms with Gasteiger partial charge < -0.3 is 5.32 Å². The minimum atomic E-state index is 0.997. The van der Waals surface area contributed by atoms with Crippen molar-refractivity contribution < 1.29 is 0 Å². The predicted octanol–water partition coefficient (Wildman–Crippen LogP) is 3.63. The Kier molecular flexibility index (Phi) is 3.25.